The van der Waals surface area contributed by atoms with Gasteiger partial charge >= 0.3 is 12.0 Å². The fourth-order valence-electron chi connectivity index (χ4n) is 5.58. The van der Waals surface area contributed by atoms with Crippen LogP contribution in [0.3, 0.4) is 0 Å². The molecule has 3 N–H and O–H groups in total. The van der Waals surface area contributed by atoms with Crippen LogP contribution < -0.4 is 16.0 Å². The lowest BCUT2D eigenvalue weighted by Gasteiger charge is -2.18. The maximum Gasteiger partial charge on any atom is 0.315 e. The standard InChI is InChI=1S/C33H48N6O5S/c1-23-9-8-10-24(14-16-33(2,3)17-15-27(23)40)21-44-30(42)13-6-7-18-39-20-25(37-38-39)19-34-29(41)12-5-4-11-28-31-26(22-45-28)35-32(43)36-31/h9,14-15,17,20,26,28,31H,4-8,10-13,16,18-19,21-22H2,1-3H3,(H,34,41)(H2,35,36,43)/b17-15+,23-9+,24-14-. The van der Waals surface area contributed by atoms with Gasteiger partial charge in [-0.15, -0.1) is 5.10 Å². The van der Waals surface area contributed by atoms with E-state index in [1.165, 1.54) is 0 Å². The summed E-state index contributed by atoms with van der Waals surface area (Å²) in [5, 5.41) is 17.6. The maximum absolute atomic E-state index is 12.4. The van der Waals surface area contributed by atoms with E-state index in [0.29, 0.717) is 43.3 Å². The SMILES string of the molecule is C/C1=C\CC/C(COC(=O)CCCCn2cc(CNC(=O)CCCCC3SCC4NC(=O)NC43)nn2)=C/CC(C)(C)/C=C/C1=O. The number of aromatic nitrogens is 3. The number of unbranched alkanes of at least 4 members (excludes halogenated alkanes) is 2. The van der Waals surface area contributed by atoms with E-state index in [9.17, 15) is 19.2 Å². The molecule has 2 fully saturated rings. The third kappa shape index (κ3) is 11.5. The van der Waals surface area contributed by atoms with Crippen LogP contribution in [0, 0.1) is 5.41 Å². The topological polar surface area (TPSA) is 144 Å². The van der Waals surface area contributed by atoms with E-state index >= 15 is 0 Å². The largest absolute Gasteiger partial charge is 0.461 e. The number of esters is 1. The molecular formula is C33H48N6O5S. The molecule has 0 radical (unpaired) electrons. The summed E-state index contributed by atoms with van der Waals surface area (Å²) in [6.45, 7) is 7.25. The van der Waals surface area contributed by atoms with Gasteiger partial charge in [-0.2, -0.15) is 11.8 Å². The first-order valence-corrected chi connectivity index (χ1v) is 17.2. The first kappa shape index (κ1) is 34.5. The average Bonchev–Trinajstić information content (AvgIpc) is 3.72. The predicted octanol–water partition coefficient (Wildman–Crippen LogP) is 4.54. The molecule has 3 heterocycles. The number of urea groups is 1. The Morgan fingerprint density at radius 2 is 1.96 bits per heavy atom. The van der Waals surface area contributed by atoms with Crippen molar-refractivity contribution in [1.82, 2.24) is 30.9 Å². The van der Waals surface area contributed by atoms with Gasteiger partial charge in [0.15, 0.2) is 5.78 Å². The highest BCUT2D eigenvalue weighted by molar-refractivity contribution is 8.00. The Labute approximate surface area is 270 Å². The number of ether oxygens (including phenoxy) is 1. The van der Waals surface area contributed by atoms with E-state index in [0.717, 1.165) is 61.8 Å². The van der Waals surface area contributed by atoms with Crippen LogP contribution in [0.1, 0.15) is 90.7 Å². The average molecular weight is 641 g/mol. The lowest BCUT2D eigenvalue weighted by molar-refractivity contribution is -0.142. The summed E-state index contributed by atoms with van der Waals surface area (Å²) >= 11 is 1.89. The monoisotopic (exact) mass is 640 g/mol. The van der Waals surface area contributed by atoms with Gasteiger partial charge in [-0.1, -0.05) is 43.7 Å². The number of carbonyl (C=O) groups is 4. The Balaban J connectivity index is 1.06. The molecule has 3 atom stereocenters. The van der Waals surface area contributed by atoms with Gasteiger partial charge in [-0.25, -0.2) is 4.79 Å². The van der Waals surface area contributed by atoms with E-state index in [2.05, 4.69) is 46.2 Å². The van der Waals surface area contributed by atoms with Crippen LogP contribution in [0.25, 0.3) is 0 Å². The van der Waals surface area contributed by atoms with Crippen LogP contribution >= 0.6 is 11.8 Å². The maximum atomic E-state index is 12.4. The van der Waals surface area contributed by atoms with E-state index in [4.69, 9.17) is 4.74 Å². The van der Waals surface area contributed by atoms with Gasteiger partial charge in [-0.05, 0) is 74.5 Å². The third-order valence-electron chi connectivity index (χ3n) is 8.48. The van der Waals surface area contributed by atoms with Gasteiger partial charge in [0.25, 0.3) is 0 Å². The van der Waals surface area contributed by atoms with Gasteiger partial charge in [0.1, 0.15) is 12.3 Å². The van der Waals surface area contributed by atoms with Gasteiger partial charge in [0, 0.05) is 30.4 Å². The summed E-state index contributed by atoms with van der Waals surface area (Å²) in [6, 6.07) is 0.364. The Bertz CT molecular complexity index is 1300. The highest BCUT2D eigenvalue weighted by Crippen LogP contribution is 2.33. The first-order chi connectivity index (χ1) is 21.6. The molecule has 12 heteroatoms. The predicted molar refractivity (Wildman–Crippen MR) is 174 cm³/mol. The van der Waals surface area contributed by atoms with Gasteiger partial charge in [-0.3, -0.25) is 19.1 Å². The number of rotatable bonds is 14. The zero-order valence-electron chi connectivity index (χ0n) is 26.8. The molecule has 3 amide bonds. The number of carbonyl (C=O) groups excluding carboxylic acids is 4. The van der Waals surface area contributed by atoms with Crippen molar-refractivity contribution in [2.45, 2.75) is 115 Å². The van der Waals surface area contributed by atoms with E-state index in [1.807, 2.05) is 37.0 Å². The second-order valence-corrected chi connectivity index (χ2v) is 14.2. The van der Waals surface area contributed by atoms with Crippen molar-refractivity contribution >= 4 is 35.5 Å². The van der Waals surface area contributed by atoms with Crippen molar-refractivity contribution in [2.24, 2.45) is 5.41 Å². The van der Waals surface area contributed by atoms with Crippen LogP contribution in [0.5, 0.6) is 0 Å². The molecule has 45 heavy (non-hydrogen) atoms. The molecule has 2 saturated heterocycles. The highest BCUT2D eigenvalue weighted by atomic mass is 32.2. The van der Waals surface area contributed by atoms with E-state index in [1.54, 1.807) is 10.8 Å². The minimum absolute atomic E-state index is 0.00481. The van der Waals surface area contributed by atoms with Crippen molar-refractivity contribution in [3.05, 3.63) is 47.3 Å². The number of fused-ring (bicyclic) bond motifs is 1. The Kier molecular flexibility index (Phi) is 12.8. The van der Waals surface area contributed by atoms with Crippen LogP contribution in [-0.2, 0) is 32.2 Å². The molecule has 3 aliphatic rings. The van der Waals surface area contributed by atoms with Crippen LogP contribution in [0.2, 0.25) is 0 Å². The summed E-state index contributed by atoms with van der Waals surface area (Å²) < 4.78 is 7.32. The van der Waals surface area contributed by atoms with Crippen molar-refractivity contribution in [3.8, 4) is 0 Å². The van der Waals surface area contributed by atoms with Crippen LogP contribution in [0.15, 0.2) is 41.6 Å². The molecule has 3 unspecified atom stereocenters. The van der Waals surface area contributed by atoms with Crippen molar-refractivity contribution in [1.29, 1.82) is 0 Å². The molecule has 4 rings (SSSR count). The van der Waals surface area contributed by atoms with Gasteiger partial charge < -0.3 is 20.7 Å². The molecular weight excluding hydrogens is 592 g/mol. The van der Waals surface area contributed by atoms with Crippen molar-refractivity contribution in [2.75, 3.05) is 12.4 Å². The lowest BCUT2D eigenvalue weighted by Crippen LogP contribution is -2.36. The summed E-state index contributed by atoms with van der Waals surface area (Å²) in [4.78, 5) is 48.4. The van der Waals surface area contributed by atoms with Crippen LogP contribution in [0.4, 0.5) is 4.79 Å². The molecule has 1 aromatic rings. The number of thioether (sulfide) groups is 1. The fraction of sp³-hybridized carbons (Fsp3) is 0.636. The normalized spacial score (nSPS) is 25.9. The quantitative estimate of drug-likeness (QED) is 0.116. The number of ketones is 1. The number of nitrogens with one attached hydrogen (secondary N) is 3. The second kappa shape index (κ2) is 16.8. The molecule has 0 aromatic carbocycles. The van der Waals surface area contributed by atoms with Crippen molar-refractivity contribution in [3.63, 3.8) is 0 Å². The van der Waals surface area contributed by atoms with Gasteiger partial charge in [0.05, 0.1) is 24.8 Å². The molecule has 1 aromatic heterocycles. The highest BCUT2D eigenvalue weighted by Gasteiger charge is 2.42. The smallest absolute Gasteiger partial charge is 0.315 e. The number of allylic oxidation sites excluding steroid dienone is 5. The Morgan fingerprint density at radius 3 is 2.80 bits per heavy atom. The lowest BCUT2D eigenvalue weighted by atomic mass is 9.87. The Morgan fingerprint density at radius 1 is 1.13 bits per heavy atom. The molecule has 1 aliphatic carbocycles. The number of hydrogen-bond acceptors (Lipinski definition) is 8. The van der Waals surface area contributed by atoms with E-state index in [-0.39, 0.29) is 47.8 Å². The molecule has 246 valence electrons. The number of hydrogen-bond donors (Lipinski definition) is 3. The second-order valence-electron chi connectivity index (χ2n) is 12.9. The van der Waals surface area contributed by atoms with Gasteiger partial charge in [0.2, 0.25) is 5.91 Å². The fourth-order valence-corrected chi connectivity index (χ4v) is 7.13. The number of amides is 3. The summed E-state index contributed by atoms with van der Waals surface area (Å²) in [7, 11) is 0. The third-order valence-corrected chi connectivity index (χ3v) is 9.99. The summed E-state index contributed by atoms with van der Waals surface area (Å²) in [5.41, 5.74) is 2.36. The summed E-state index contributed by atoms with van der Waals surface area (Å²) in [5.74, 6) is 0.764. The minimum Gasteiger partial charge on any atom is -0.461 e. The molecule has 11 nitrogen and oxygen atoms in total. The zero-order chi connectivity index (χ0) is 32.2. The number of nitrogens with zero attached hydrogens (tertiary/aromatic N) is 3. The molecule has 2 aliphatic heterocycles. The molecule has 0 spiro atoms. The minimum atomic E-state index is -0.221. The number of aryl methyl sites for hydroxylation is 1. The summed E-state index contributed by atoms with van der Waals surface area (Å²) in [6.07, 6.45) is 16.8. The van der Waals surface area contributed by atoms with Crippen LogP contribution in [-0.4, -0.2) is 68.4 Å². The molecule has 0 saturated carbocycles. The zero-order valence-corrected chi connectivity index (χ0v) is 27.6. The Hall–Kier alpha value is -3.41. The molecule has 0 bridgehead atoms. The van der Waals surface area contributed by atoms with E-state index < -0.39 is 0 Å². The first-order valence-electron chi connectivity index (χ1n) is 16.2. The van der Waals surface area contributed by atoms with Crippen molar-refractivity contribution < 1.29 is 23.9 Å².